The Morgan fingerprint density at radius 2 is 2.04 bits per heavy atom. The number of amides is 2. The van der Waals surface area contributed by atoms with Crippen LogP contribution in [0.4, 0.5) is 10.5 Å². The second-order valence-electron chi connectivity index (χ2n) is 6.79. The van der Waals surface area contributed by atoms with Gasteiger partial charge in [-0.25, -0.2) is 4.79 Å². The van der Waals surface area contributed by atoms with E-state index in [0.717, 1.165) is 26.6 Å². The molecule has 2 aromatic carbocycles. The van der Waals surface area contributed by atoms with Gasteiger partial charge in [0.15, 0.2) is 0 Å². The van der Waals surface area contributed by atoms with Crippen LogP contribution >= 0.6 is 15.9 Å². The van der Waals surface area contributed by atoms with Crippen molar-refractivity contribution in [1.29, 1.82) is 0 Å². The summed E-state index contributed by atoms with van der Waals surface area (Å²) in [7, 11) is 0. The summed E-state index contributed by atoms with van der Waals surface area (Å²) in [4.78, 5) is 25.9. The summed E-state index contributed by atoms with van der Waals surface area (Å²) < 4.78 is 7.97. The van der Waals surface area contributed by atoms with Crippen molar-refractivity contribution < 1.29 is 14.3 Å². The lowest BCUT2D eigenvalue weighted by atomic mass is 10.2. The van der Waals surface area contributed by atoms with Gasteiger partial charge in [-0.05, 0) is 46.6 Å². The van der Waals surface area contributed by atoms with Crippen molar-refractivity contribution in [3.63, 3.8) is 0 Å². The van der Waals surface area contributed by atoms with Crippen LogP contribution in [-0.4, -0.2) is 34.6 Å². The molecular weight excluding hydrogens is 422 g/mol. The number of benzene rings is 2. The van der Waals surface area contributed by atoms with E-state index in [1.807, 2.05) is 60.0 Å². The van der Waals surface area contributed by atoms with E-state index in [2.05, 4.69) is 21.2 Å². The maximum Gasteiger partial charge on any atom is 0.410 e. The number of aromatic nitrogens is 1. The van der Waals surface area contributed by atoms with Gasteiger partial charge < -0.3 is 19.5 Å². The molecule has 1 saturated heterocycles. The van der Waals surface area contributed by atoms with Crippen LogP contribution in [0, 0.1) is 6.92 Å². The zero-order chi connectivity index (χ0) is 19.7. The molecular formula is C21H20BrN3O3. The van der Waals surface area contributed by atoms with Crippen LogP contribution in [0.15, 0.2) is 53.0 Å². The van der Waals surface area contributed by atoms with Gasteiger partial charge in [-0.1, -0.05) is 30.3 Å². The quantitative estimate of drug-likeness (QED) is 0.641. The Hall–Kier alpha value is -2.80. The molecule has 0 saturated carbocycles. The SMILES string of the molecule is Cc1c(Br)c2ccccc2n1CC(=O)Nc1cccc(CN2CCOC2=O)c1. The fourth-order valence-electron chi connectivity index (χ4n) is 3.47. The minimum atomic E-state index is -0.296. The van der Waals surface area contributed by atoms with Gasteiger partial charge in [0, 0.05) is 33.3 Å². The maximum atomic E-state index is 12.7. The second kappa shape index (κ2) is 7.67. The van der Waals surface area contributed by atoms with E-state index >= 15 is 0 Å². The number of anilines is 1. The number of cyclic esters (lactones) is 1. The average molecular weight is 442 g/mol. The van der Waals surface area contributed by atoms with Crippen LogP contribution in [0.1, 0.15) is 11.3 Å². The molecule has 144 valence electrons. The van der Waals surface area contributed by atoms with Crippen LogP contribution in [-0.2, 0) is 22.6 Å². The number of nitrogens with one attached hydrogen (secondary N) is 1. The lowest BCUT2D eigenvalue weighted by Crippen LogP contribution is -2.23. The van der Waals surface area contributed by atoms with E-state index in [4.69, 9.17) is 4.74 Å². The van der Waals surface area contributed by atoms with Gasteiger partial charge in [-0.2, -0.15) is 0 Å². The lowest BCUT2D eigenvalue weighted by molar-refractivity contribution is -0.116. The third-order valence-corrected chi connectivity index (χ3v) is 5.89. The highest BCUT2D eigenvalue weighted by Crippen LogP contribution is 2.30. The number of para-hydroxylation sites is 1. The van der Waals surface area contributed by atoms with Crippen molar-refractivity contribution in [2.75, 3.05) is 18.5 Å². The summed E-state index contributed by atoms with van der Waals surface area (Å²) in [6.07, 6.45) is -0.296. The van der Waals surface area contributed by atoms with Crippen molar-refractivity contribution in [2.24, 2.45) is 0 Å². The van der Waals surface area contributed by atoms with Gasteiger partial charge in [0.25, 0.3) is 0 Å². The first-order valence-electron chi connectivity index (χ1n) is 9.07. The molecule has 1 aliphatic heterocycles. The molecule has 0 radical (unpaired) electrons. The largest absolute Gasteiger partial charge is 0.448 e. The molecule has 6 nitrogen and oxygen atoms in total. The molecule has 4 rings (SSSR count). The molecule has 0 spiro atoms. The smallest absolute Gasteiger partial charge is 0.410 e. The normalized spacial score (nSPS) is 13.8. The van der Waals surface area contributed by atoms with Crippen LogP contribution < -0.4 is 5.32 Å². The first kappa shape index (κ1) is 18.6. The summed E-state index contributed by atoms with van der Waals surface area (Å²) in [5.74, 6) is -0.103. The van der Waals surface area contributed by atoms with Crippen LogP contribution in [0.5, 0.6) is 0 Å². The number of rotatable bonds is 5. The van der Waals surface area contributed by atoms with Crippen molar-refractivity contribution in [1.82, 2.24) is 9.47 Å². The van der Waals surface area contributed by atoms with Crippen LogP contribution in [0.3, 0.4) is 0 Å². The number of carbonyl (C=O) groups excluding carboxylic acids is 2. The Kier molecular flexibility index (Phi) is 5.09. The zero-order valence-corrected chi connectivity index (χ0v) is 17.0. The minimum absolute atomic E-state index is 0.103. The van der Waals surface area contributed by atoms with Gasteiger partial charge in [0.1, 0.15) is 13.2 Å². The van der Waals surface area contributed by atoms with Crippen molar-refractivity contribution in [3.8, 4) is 0 Å². The van der Waals surface area contributed by atoms with E-state index in [1.165, 1.54) is 0 Å². The number of halogens is 1. The summed E-state index contributed by atoms with van der Waals surface area (Å²) in [5.41, 5.74) is 3.69. The molecule has 0 atom stereocenters. The molecule has 28 heavy (non-hydrogen) atoms. The second-order valence-corrected chi connectivity index (χ2v) is 7.58. The molecule has 1 N–H and O–H groups in total. The van der Waals surface area contributed by atoms with Gasteiger partial charge in [-0.3, -0.25) is 4.79 Å². The lowest BCUT2D eigenvalue weighted by Gasteiger charge is -2.14. The third-order valence-electron chi connectivity index (χ3n) is 4.88. The maximum absolute atomic E-state index is 12.7. The molecule has 1 fully saturated rings. The molecule has 1 aromatic heterocycles. The Bertz CT molecular complexity index is 1060. The van der Waals surface area contributed by atoms with E-state index in [9.17, 15) is 9.59 Å². The summed E-state index contributed by atoms with van der Waals surface area (Å²) in [6.45, 7) is 3.70. The van der Waals surface area contributed by atoms with Crippen LogP contribution in [0.25, 0.3) is 10.9 Å². The molecule has 2 heterocycles. The molecule has 1 aliphatic rings. The molecule has 0 bridgehead atoms. The molecule has 3 aromatic rings. The van der Waals surface area contributed by atoms with E-state index in [0.29, 0.717) is 25.4 Å². The van der Waals surface area contributed by atoms with Crippen molar-refractivity contribution >= 4 is 44.5 Å². The third kappa shape index (κ3) is 3.62. The number of carbonyl (C=O) groups is 2. The number of hydrogen-bond donors (Lipinski definition) is 1. The monoisotopic (exact) mass is 441 g/mol. The van der Waals surface area contributed by atoms with E-state index < -0.39 is 0 Å². The molecule has 0 unspecified atom stereocenters. The predicted octanol–water partition coefficient (Wildman–Crippen LogP) is 4.30. The zero-order valence-electron chi connectivity index (χ0n) is 15.4. The highest BCUT2D eigenvalue weighted by Gasteiger charge is 2.22. The van der Waals surface area contributed by atoms with E-state index in [-0.39, 0.29) is 18.5 Å². The fourth-order valence-corrected chi connectivity index (χ4v) is 4.02. The first-order chi connectivity index (χ1) is 13.5. The van der Waals surface area contributed by atoms with Gasteiger partial charge in [-0.15, -0.1) is 0 Å². The summed E-state index contributed by atoms with van der Waals surface area (Å²) in [6, 6.07) is 15.5. The van der Waals surface area contributed by atoms with Gasteiger partial charge in [0.2, 0.25) is 5.91 Å². The molecule has 7 heteroatoms. The highest BCUT2D eigenvalue weighted by atomic mass is 79.9. The number of hydrogen-bond acceptors (Lipinski definition) is 3. The fraction of sp³-hybridized carbons (Fsp3) is 0.238. The Morgan fingerprint density at radius 1 is 1.21 bits per heavy atom. The topological polar surface area (TPSA) is 63.6 Å². The van der Waals surface area contributed by atoms with Gasteiger partial charge in [0.05, 0.1) is 6.54 Å². The van der Waals surface area contributed by atoms with E-state index in [1.54, 1.807) is 4.90 Å². The molecule has 2 amide bonds. The minimum Gasteiger partial charge on any atom is -0.448 e. The average Bonchev–Trinajstić information content (AvgIpc) is 3.19. The van der Waals surface area contributed by atoms with Gasteiger partial charge >= 0.3 is 6.09 Å². The number of ether oxygens (including phenoxy) is 1. The summed E-state index contributed by atoms with van der Waals surface area (Å²) >= 11 is 3.62. The number of fused-ring (bicyclic) bond motifs is 1. The van der Waals surface area contributed by atoms with Crippen molar-refractivity contribution in [2.45, 2.75) is 20.0 Å². The highest BCUT2D eigenvalue weighted by molar-refractivity contribution is 9.10. The predicted molar refractivity (Wildman–Crippen MR) is 111 cm³/mol. The van der Waals surface area contributed by atoms with Crippen LogP contribution in [0.2, 0.25) is 0 Å². The Labute approximate surface area is 171 Å². The Morgan fingerprint density at radius 3 is 2.82 bits per heavy atom. The molecule has 0 aliphatic carbocycles. The first-order valence-corrected chi connectivity index (χ1v) is 9.86. The summed E-state index contributed by atoms with van der Waals surface area (Å²) in [5, 5.41) is 4.05. The Balaban J connectivity index is 1.48. The van der Waals surface area contributed by atoms with Crippen molar-refractivity contribution in [3.05, 3.63) is 64.3 Å². The standard InChI is InChI=1S/C21H20BrN3O3/c1-14-20(22)17-7-2-3-8-18(17)25(14)13-19(26)23-16-6-4-5-15(11-16)12-24-9-10-28-21(24)27/h2-8,11H,9-10,12-13H2,1H3,(H,23,26). The number of nitrogens with zero attached hydrogens (tertiary/aromatic N) is 2.